The number of hydrogen-bond acceptors (Lipinski definition) is 2. The van der Waals surface area contributed by atoms with Gasteiger partial charge in [0, 0.05) is 24.7 Å². The molecular formula is C18H20N2O2. The summed E-state index contributed by atoms with van der Waals surface area (Å²) in [6.07, 6.45) is 0. The predicted molar refractivity (Wildman–Crippen MR) is 87.8 cm³/mol. The van der Waals surface area contributed by atoms with Gasteiger partial charge in [-0.25, -0.2) is 0 Å². The summed E-state index contributed by atoms with van der Waals surface area (Å²) in [4.78, 5) is 23.1. The number of aryl methyl sites for hydroxylation is 2. The summed E-state index contributed by atoms with van der Waals surface area (Å²) in [5, 5.41) is 5.57. The molecule has 0 fully saturated rings. The summed E-state index contributed by atoms with van der Waals surface area (Å²) in [7, 11) is 0. The third-order valence-corrected chi connectivity index (χ3v) is 3.49. The molecule has 0 aliphatic rings. The lowest BCUT2D eigenvalue weighted by Crippen LogP contribution is -2.22. The molecule has 2 N–H and O–H groups in total. The Kier molecular flexibility index (Phi) is 4.94. The van der Waals surface area contributed by atoms with Crippen molar-refractivity contribution < 1.29 is 9.59 Å². The molecule has 0 saturated carbocycles. The van der Waals surface area contributed by atoms with Crippen molar-refractivity contribution in [3.63, 3.8) is 0 Å². The number of rotatable bonds is 4. The van der Waals surface area contributed by atoms with Crippen LogP contribution in [0.4, 0.5) is 5.69 Å². The quantitative estimate of drug-likeness (QED) is 0.910. The number of carbonyl (C=O) groups is 2. The lowest BCUT2D eigenvalue weighted by Gasteiger charge is -2.08. The smallest absolute Gasteiger partial charge is 0.251 e. The third kappa shape index (κ3) is 4.19. The Bertz CT molecular complexity index is 691. The zero-order chi connectivity index (χ0) is 16.1. The van der Waals surface area contributed by atoms with Crippen molar-refractivity contribution in [3.05, 3.63) is 64.7 Å². The van der Waals surface area contributed by atoms with Crippen molar-refractivity contribution in [1.82, 2.24) is 5.32 Å². The van der Waals surface area contributed by atoms with Gasteiger partial charge in [0.05, 0.1) is 0 Å². The van der Waals surface area contributed by atoms with Crippen molar-refractivity contribution in [2.45, 2.75) is 27.3 Å². The molecule has 0 heterocycles. The van der Waals surface area contributed by atoms with E-state index in [1.165, 1.54) is 18.1 Å². The first-order chi connectivity index (χ1) is 10.5. The van der Waals surface area contributed by atoms with Gasteiger partial charge >= 0.3 is 0 Å². The van der Waals surface area contributed by atoms with Crippen LogP contribution < -0.4 is 10.6 Å². The highest BCUT2D eigenvalue weighted by atomic mass is 16.2. The fourth-order valence-electron chi connectivity index (χ4n) is 2.11. The maximum Gasteiger partial charge on any atom is 0.251 e. The fourth-order valence-corrected chi connectivity index (χ4v) is 2.11. The van der Waals surface area contributed by atoms with Crippen LogP contribution >= 0.6 is 0 Å². The highest BCUT2D eigenvalue weighted by Crippen LogP contribution is 2.11. The molecule has 0 spiro atoms. The van der Waals surface area contributed by atoms with Crippen LogP contribution in [0, 0.1) is 13.8 Å². The molecule has 0 bridgehead atoms. The summed E-state index contributed by atoms with van der Waals surface area (Å²) >= 11 is 0. The Hall–Kier alpha value is -2.62. The van der Waals surface area contributed by atoms with Crippen molar-refractivity contribution >= 4 is 17.5 Å². The molecule has 0 aliphatic heterocycles. The van der Waals surface area contributed by atoms with Crippen molar-refractivity contribution in [2.75, 3.05) is 5.32 Å². The zero-order valence-corrected chi connectivity index (χ0v) is 13.1. The minimum Gasteiger partial charge on any atom is -0.348 e. The summed E-state index contributed by atoms with van der Waals surface area (Å²) < 4.78 is 0. The Morgan fingerprint density at radius 3 is 2.23 bits per heavy atom. The number of hydrogen-bond donors (Lipinski definition) is 2. The van der Waals surface area contributed by atoms with E-state index in [9.17, 15) is 9.59 Å². The molecule has 22 heavy (non-hydrogen) atoms. The van der Waals surface area contributed by atoms with Crippen LogP contribution in [0.25, 0.3) is 0 Å². The van der Waals surface area contributed by atoms with E-state index in [4.69, 9.17) is 0 Å². The van der Waals surface area contributed by atoms with Crippen molar-refractivity contribution in [1.29, 1.82) is 0 Å². The summed E-state index contributed by atoms with van der Waals surface area (Å²) in [6.45, 7) is 6.06. The molecule has 0 unspecified atom stereocenters. The van der Waals surface area contributed by atoms with E-state index in [0.717, 1.165) is 5.56 Å². The van der Waals surface area contributed by atoms with Gasteiger partial charge in [0.15, 0.2) is 0 Å². The second kappa shape index (κ2) is 6.89. The standard InChI is InChI=1S/C18H20N2O2/c1-12-4-5-15(10-13(12)2)11-19-18(22)16-6-8-17(9-7-16)20-14(3)21/h4-10H,11H2,1-3H3,(H,19,22)(H,20,21). The SMILES string of the molecule is CC(=O)Nc1ccc(C(=O)NCc2ccc(C)c(C)c2)cc1. The van der Waals surface area contributed by atoms with Gasteiger partial charge < -0.3 is 10.6 Å². The normalized spacial score (nSPS) is 10.1. The number of anilines is 1. The van der Waals surface area contributed by atoms with Crippen LogP contribution in [-0.2, 0) is 11.3 Å². The molecular weight excluding hydrogens is 276 g/mol. The third-order valence-electron chi connectivity index (χ3n) is 3.49. The molecule has 0 radical (unpaired) electrons. The molecule has 0 aromatic heterocycles. The maximum absolute atomic E-state index is 12.1. The molecule has 4 nitrogen and oxygen atoms in total. The van der Waals surface area contributed by atoms with Gasteiger partial charge in [-0.1, -0.05) is 18.2 Å². The molecule has 114 valence electrons. The lowest BCUT2D eigenvalue weighted by atomic mass is 10.1. The highest BCUT2D eigenvalue weighted by Gasteiger charge is 2.06. The predicted octanol–water partition coefficient (Wildman–Crippen LogP) is 3.19. The Morgan fingerprint density at radius 2 is 1.64 bits per heavy atom. The summed E-state index contributed by atoms with van der Waals surface area (Å²) in [5.74, 6) is -0.264. The van der Waals surface area contributed by atoms with Gasteiger partial charge in [-0.3, -0.25) is 9.59 Å². The van der Waals surface area contributed by atoms with Crippen molar-refractivity contribution in [2.24, 2.45) is 0 Å². The van der Waals surface area contributed by atoms with E-state index in [0.29, 0.717) is 17.8 Å². The van der Waals surface area contributed by atoms with Gasteiger partial charge in [0.25, 0.3) is 5.91 Å². The number of amides is 2. The van der Waals surface area contributed by atoms with Gasteiger partial charge in [-0.05, 0) is 54.8 Å². The van der Waals surface area contributed by atoms with Crippen LogP contribution in [0.5, 0.6) is 0 Å². The molecule has 0 aliphatic carbocycles. The maximum atomic E-state index is 12.1. The Morgan fingerprint density at radius 1 is 0.955 bits per heavy atom. The number of benzene rings is 2. The molecule has 0 atom stereocenters. The van der Waals surface area contributed by atoms with E-state index in [1.54, 1.807) is 24.3 Å². The van der Waals surface area contributed by atoms with E-state index in [-0.39, 0.29) is 11.8 Å². The second-order valence-electron chi connectivity index (χ2n) is 5.36. The topological polar surface area (TPSA) is 58.2 Å². The zero-order valence-electron chi connectivity index (χ0n) is 13.1. The van der Waals surface area contributed by atoms with Crippen LogP contribution in [0.1, 0.15) is 34.0 Å². The van der Waals surface area contributed by atoms with Crippen LogP contribution in [0.3, 0.4) is 0 Å². The van der Waals surface area contributed by atoms with E-state index in [2.05, 4.69) is 36.6 Å². The minimum absolute atomic E-state index is 0.132. The van der Waals surface area contributed by atoms with Crippen molar-refractivity contribution in [3.8, 4) is 0 Å². The Balaban J connectivity index is 1.96. The first-order valence-electron chi connectivity index (χ1n) is 7.17. The van der Waals surface area contributed by atoms with Gasteiger partial charge in [0.1, 0.15) is 0 Å². The van der Waals surface area contributed by atoms with Crippen LogP contribution in [0.2, 0.25) is 0 Å². The molecule has 0 saturated heterocycles. The minimum atomic E-state index is -0.132. The molecule has 2 amide bonds. The first-order valence-corrected chi connectivity index (χ1v) is 7.17. The average Bonchev–Trinajstić information content (AvgIpc) is 2.48. The van der Waals surface area contributed by atoms with E-state index in [1.807, 2.05) is 6.07 Å². The summed E-state index contributed by atoms with van der Waals surface area (Å²) in [6, 6.07) is 13.0. The molecule has 2 rings (SSSR count). The van der Waals surface area contributed by atoms with E-state index >= 15 is 0 Å². The molecule has 2 aromatic rings. The van der Waals surface area contributed by atoms with Crippen LogP contribution in [0.15, 0.2) is 42.5 Å². The second-order valence-corrected chi connectivity index (χ2v) is 5.36. The highest BCUT2D eigenvalue weighted by molar-refractivity contribution is 5.95. The van der Waals surface area contributed by atoms with Gasteiger partial charge in [-0.15, -0.1) is 0 Å². The lowest BCUT2D eigenvalue weighted by molar-refractivity contribution is -0.114. The van der Waals surface area contributed by atoms with Crippen LogP contribution in [-0.4, -0.2) is 11.8 Å². The average molecular weight is 296 g/mol. The fraction of sp³-hybridized carbons (Fsp3) is 0.222. The van der Waals surface area contributed by atoms with Gasteiger partial charge in [0.2, 0.25) is 5.91 Å². The number of carbonyl (C=O) groups excluding carboxylic acids is 2. The molecule has 2 aromatic carbocycles. The first kappa shape index (κ1) is 15.8. The Labute approximate surface area is 130 Å². The monoisotopic (exact) mass is 296 g/mol. The summed E-state index contributed by atoms with van der Waals surface area (Å²) in [5.41, 5.74) is 4.78. The molecule has 4 heteroatoms. The van der Waals surface area contributed by atoms with Gasteiger partial charge in [-0.2, -0.15) is 0 Å². The number of nitrogens with one attached hydrogen (secondary N) is 2. The van der Waals surface area contributed by atoms with E-state index < -0.39 is 0 Å². The largest absolute Gasteiger partial charge is 0.348 e.